The van der Waals surface area contributed by atoms with Crippen LogP contribution in [0.2, 0.25) is 0 Å². The van der Waals surface area contributed by atoms with Gasteiger partial charge in [-0.15, -0.1) is 0 Å². The highest BCUT2D eigenvalue weighted by molar-refractivity contribution is 7.99. The highest BCUT2D eigenvalue weighted by atomic mass is 32.2. The average Bonchev–Trinajstić information content (AvgIpc) is 2.51. The zero-order valence-corrected chi connectivity index (χ0v) is 14.8. The summed E-state index contributed by atoms with van der Waals surface area (Å²) in [6.45, 7) is 5.58. The number of esters is 1. The fraction of sp³-hybridized carbons (Fsp3) is 0.222. The summed E-state index contributed by atoms with van der Waals surface area (Å²) < 4.78 is 10.5. The van der Waals surface area contributed by atoms with E-state index in [-0.39, 0.29) is 5.75 Å². The van der Waals surface area contributed by atoms with Gasteiger partial charge in [-0.3, -0.25) is 4.79 Å². The summed E-state index contributed by atoms with van der Waals surface area (Å²) in [5.41, 5.74) is 2.47. The molecule has 0 N–H and O–H groups in total. The van der Waals surface area contributed by atoms with Crippen molar-refractivity contribution in [1.29, 1.82) is 0 Å². The number of thioether (sulfide) groups is 1. The van der Waals surface area contributed by atoms with Crippen molar-refractivity contribution >= 4 is 28.7 Å². The normalized spacial score (nSPS) is 10.8. The van der Waals surface area contributed by atoms with Gasteiger partial charge in [0.25, 0.3) is 0 Å². The average molecular weight is 356 g/mol. The lowest BCUT2D eigenvalue weighted by atomic mass is 10.1. The molecule has 2 aromatic heterocycles. The van der Waals surface area contributed by atoms with Gasteiger partial charge in [-0.05, 0) is 44.5 Å². The molecular weight excluding hydrogens is 340 g/mol. The molecule has 0 saturated carbocycles. The van der Waals surface area contributed by atoms with Crippen molar-refractivity contribution in [3.63, 3.8) is 0 Å². The molecule has 0 aliphatic carbocycles. The Labute approximate surface area is 148 Å². The molecule has 0 amide bonds. The molecule has 1 aromatic carbocycles. The number of fused-ring (bicyclic) bond motifs is 1. The quantitative estimate of drug-likeness (QED) is 0.233. The van der Waals surface area contributed by atoms with Gasteiger partial charge >= 0.3 is 11.6 Å². The van der Waals surface area contributed by atoms with E-state index in [0.717, 1.165) is 22.3 Å². The van der Waals surface area contributed by atoms with E-state index in [1.54, 1.807) is 18.2 Å². The van der Waals surface area contributed by atoms with Crippen molar-refractivity contribution < 1.29 is 13.9 Å². The Hall–Kier alpha value is -2.67. The van der Waals surface area contributed by atoms with Crippen LogP contribution in [0.15, 0.2) is 44.7 Å². The van der Waals surface area contributed by atoms with Gasteiger partial charge in [0, 0.05) is 28.9 Å². The van der Waals surface area contributed by atoms with Gasteiger partial charge in [0.05, 0.1) is 5.75 Å². The number of aromatic nitrogens is 2. The largest absolute Gasteiger partial charge is 0.426 e. The summed E-state index contributed by atoms with van der Waals surface area (Å²) in [5, 5.41) is 1.34. The van der Waals surface area contributed by atoms with E-state index in [9.17, 15) is 9.59 Å². The Bertz CT molecular complexity index is 993. The number of nitrogens with zero attached hydrogens (tertiary/aromatic N) is 2. The van der Waals surface area contributed by atoms with Crippen molar-refractivity contribution in [2.24, 2.45) is 0 Å². The van der Waals surface area contributed by atoms with E-state index in [4.69, 9.17) is 9.15 Å². The van der Waals surface area contributed by atoms with Crippen molar-refractivity contribution in [3.8, 4) is 5.75 Å². The van der Waals surface area contributed by atoms with Gasteiger partial charge in [-0.25, -0.2) is 14.8 Å². The second-order valence-electron chi connectivity index (χ2n) is 5.60. The van der Waals surface area contributed by atoms with Crippen molar-refractivity contribution in [1.82, 2.24) is 9.97 Å². The first-order valence-corrected chi connectivity index (χ1v) is 8.59. The third-order valence-electron chi connectivity index (χ3n) is 3.44. The van der Waals surface area contributed by atoms with Crippen LogP contribution in [0.1, 0.15) is 17.0 Å². The second kappa shape index (κ2) is 7.06. The monoisotopic (exact) mass is 356 g/mol. The van der Waals surface area contributed by atoms with Gasteiger partial charge in [0.15, 0.2) is 5.16 Å². The summed E-state index contributed by atoms with van der Waals surface area (Å²) in [6.07, 6.45) is 0. The van der Waals surface area contributed by atoms with Crippen LogP contribution < -0.4 is 10.4 Å². The lowest BCUT2D eigenvalue weighted by Gasteiger charge is -2.06. The predicted octanol–water partition coefficient (Wildman–Crippen LogP) is 3.21. The van der Waals surface area contributed by atoms with Crippen LogP contribution in [-0.4, -0.2) is 21.7 Å². The van der Waals surface area contributed by atoms with E-state index >= 15 is 0 Å². The molecule has 6 nitrogen and oxygen atoms in total. The lowest BCUT2D eigenvalue weighted by molar-refractivity contribution is -0.131. The van der Waals surface area contributed by atoms with Gasteiger partial charge in [0.1, 0.15) is 11.3 Å². The minimum Gasteiger partial charge on any atom is -0.426 e. The Kier molecular flexibility index (Phi) is 4.85. The molecule has 3 rings (SSSR count). The fourth-order valence-electron chi connectivity index (χ4n) is 2.41. The standard InChI is InChI=1S/C18H16N2O4S/c1-10-6-16(21)24-15-8-13(4-5-14(10)15)23-17(22)9-25-18-19-11(2)7-12(3)20-18/h4-8H,9H2,1-3H3. The molecule has 25 heavy (non-hydrogen) atoms. The summed E-state index contributed by atoms with van der Waals surface area (Å²) in [6, 6.07) is 8.27. The van der Waals surface area contributed by atoms with Gasteiger partial charge in [-0.2, -0.15) is 0 Å². The maximum Gasteiger partial charge on any atom is 0.336 e. The molecule has 3 aromatic rings. The van der Waals surface area contributed by atoms with Gasteiger partial charge < -0.3 is 9.15 Å². The molecule has 0 spiro atoms. The molecule has 0 aliphatic rings. The van der Waals surface area contributed by atoms with Gasteiger partial charge in [0.2, 0.25) is 0 Å². The molecular formula is C18H16N2O4S. The molecule has 0 atom stereocenters. The molecule has 0 bridgehead atoms. The lowest BCUT2D eigenvalue weighted by Crippen LogP contribution is -2.11. The molecule has 128 valence electrons. The first-order chi connectivity index (χ1) is 11.9. The van der Waals surface area contributed by atoms with E-state index in [1.807, 2.05) is 26.8 Å². The highest BCUT2D eigenvalue weighted by Crippen LogP contribution is 2.23. The van der Waals surface area contributed by atoms with Crippen LogP contribution in [0.4, 0.5) is 0 Å². The van der Waals surface area contributed by atoms with Crippen LogP contribution in [0.25, 0.3) is 11.0 Å². The van der Waals surface area contributed by atoms with Crippen LogP contribution in [0.3, 0.4) is 0 Å². The Morgan fingerprint density at radius 1 is 1.12 bits per heavy atom. The first kappa shape index (κ1) is 17.2. The van der Waals surface area contributed by atoms with E-state index in [1.165, 1.54) is 17.8 Å². The van der Waals surface area contributed by atoms with Crippen LogP contribution in [0, 0.1) is 20.8 Å². The highest BCUT2D eigenvalue weighted by Gasteiger charge is 2.10. The topological polar surface area (TPSA) is 82.3 Å². The third kappa shape index (κ3) is 4.24. The molecule has 0 saturated heterocycles. The summed E-state index contributed by atoms with van der Waals surface area (Å²) >= 11 is 1.21. The van der Waals surface area contributed by atoms with Crippen molar-refractivity contribution in [2.75, 3.05) is 5.75 Å². The molecule has 0 aliphatic heterocycles. The van der Waals surface area contributed by atoms with Crippen molar-refractivity contribution in [3.05, 3.63) is 57.7 Å². The molecule has 0 unspecified atom stereocenters. The molecule has 0 radical (unpaired) electrons. The third-order valence-corrected chi connectivity index (χ3v) is 4.26. The predicted molar refractivity (Wildman–Crippen MR) is 95.1 cm³/mol. The van der Waals surface area contributed by atoms with Crippen LogP contribution >= 0.6 is 11.8 Å². The number of benzene rings is 1. The minimum absolute atomic E-state index is 0.0820. The number of ether oxygens (including phenoxy) is 1. The number of hydrogen-bond acceptors (Lipinski definition) is 7. The zero-order valence-electron chi connectivity index (χ0n) is 14.0. The smallest absolute Gasteiger partial charge is 0.336 e. The van der Waals surface area contributed by atoms with Crippen LogP contribution in [-0.2, 0) is 4.79 Å². The number of carbonyl (C=O) groups is 1. The Balaban J connectivity index is 1.70. The number of rotatable bonds is 4. The van der Waals surface area contributed by atoms with Gasteiger partial charge in [-0.1, -0.05) is 11.8 Å². The molecule has 2 heterocycles. The maximum absolute atomic E-state index is 12.0. The number of hydrogen-bond donors (Lipinski definition) is 0. The minimum atomic E-state index is -0.434. The zero-order chi connectivity index (χ0) is 18.0. The maximum atomic E-state index is 12.0. The summed E-state index contributed by atoms with van der Waals surface area (Å²) in [5.74, 6) is -0.0195. The second-order valence-corrected chi connectivity index (χ2v) is 6.54. The number of carbonyl (C=O) groups excluding carboxylic acids is 1. The Morgan fingerprint density at radius 3 is 2.56 bits per heavy atom. The molecule has 7 heteroatoms. The summed E-state index contributed by atoms with van der Waals surface area (Å²) in [4.78, 5) is 32.0. The number of aryl methyl sites for hydroxylation is 3. The first-order valence-electron chi connectivity index (χ1n) is 7.61. The Morgan fingerprint density at radius 2 is 1.84 bits per heavy atom. The van der Waals surface area contributed by atoms with E-state index in [2.05, 4.69) is 9.97 Å². The SMILES string of the molecule is Cc1cc(C)nc(SCC(=O)Oc2ccc3c(C)cc(=O)oc3c2)n1. The van der Waals surface area contributed by atoms with Crippen molar-refractivity contribution in [2.45, 2.75) is 25.9 Å². The fourth-order valence-corrected chi connectivity index (χ4v) is 3.13. The van der Waals surface area contributed by atoms with E-state index < -0.39 is 11.6 Å². The molecule has 0 fully saturated rings. The summed E-state index contributed by atoms with van der Waals surface area (Å²) in [7, 11) is 0. The van der Waals surface area contributed by atoms with E-state index in [0.29, 0.717) is 16.5 Å². The van der Waals surface area contributed by atoms with Crippen LogP contribution in [0.5, 0.6) is 5.75 Å².